The summed E-state index contributed by atoms with van der Waals surface area (Å²) in [6.07, 6.45) is 1.33. The van der Waals surface area contributed by atoms with Crippen molar-refractivity contribution in [3.8, 4) is 11.3 Å². The van der Waals surface area contributed by atoms with Crippen LogP contribution < -0.4 is 4.57 Å². The van der Waals surface area contributed by atoms with Gasteiger partial charge in [-0.1, -0.05) is 59.7 Å². The number of pyridine rings is 1. The minimum Gasteiger partial charge on any atom is -0.200 e. The topological polar surface area (TPSA) is 3.88 Å². The predicted octanol–water partition coefficient (Wildman–Crippen LogP) is 7.40. The van der Waals surface area contributed by atoms with E-state index in [0.29, 0.717) is 23.8 Å². The van der Waals surface area contributed by atoms with E-state index < -0.39 is 0 Å². The van der Waals surface area contributed by atoms with Gasteiger partial charge in [-0.3, -0.25) is 0 Å². The van der Waals surface area contributed by atoms with Crippen molar-refractivity contribution in [3.05, 3.63) is 64.8 Å². The van der Waals surface area contributed by atoms with E-state index in [9.17, 15) is 0 Å². The van der Waals surface area contributed by atoms with E-state index in [2.05, 4.69) is 78.8 Å². The lowest BCUT2D eigenvalue weighted by molar-refractivity contribution is -0.659. The Balaban J connectivity index is 2.44. The molecule has 3 aromatic rings. The Morgan fingerprint density at radius 3 is 2.29 bits per heavy atom. The van der Waals surface area contributed by atoms with Crippen molar-refractivity contribution < 1.29 is 7.31 Å². The van der Waals surface area contributed by atoms with Crippen LogP contribution in [0.3, 0.4) is 0 Å². The van der Waals surface area contributed by atoms with Gasteiger partial charge in [0, 0.05) is 6.04 Å². The fraction of sp³-hybridized carbons (Fsp3) is 0.444. The summed E-state index contributed by atoms with van der Waals surface area (Å²) in [7, 11) is 1.92. The highest BCUT2D eigenvalue weighted by Crippen LogP contribution is 2.35. The molecule has 0 fully saturated rings. The number of aromatic nitrogens is 1. The summed E-state index contributed by atoms with van der Waals surface area (Å²) in [5.74, 6) is 1.31. The fourth-order valence-electron chi connectivity index (χ4n) is 4.06. The van der Waals surface area contributed by atoms with Crippen LogP contribution in [0.5, 0.6) is 0 Å². The van der Waals surface area contributed by atoms with Crippen LogP contribution in [0.4, 0.5) is 0 Å². The first kappa shape index (κ1) is 17.9. The Morgan fingerprint density at radius 2 is 1.68 bits per heavy atom. The molecule has 3 rings (SSSR count). The number of rotatable bonds is 5. The van der Waals surface area contributed by atoms with Crippen molar-refractivity contribution in [2.75, 3.05) is 0 Å². The van der Waals surface area contributed by atoms with Gasteiger partial charge in [-0.2, -0.15) is 0 Å². The van der Waals surface area contributed by atoms with E-state index >= 15 is 0 Å². The van der Waals surface area contributed by atoms with E-state index in [1.807, 2.05) is 11.6 Å². The zero-order chi connectivity index (χ0) is 22.3. The lowest BCUT2D eigenvalue weighted by Crippen LogP contribution is -2.31. The van der Waals surface area contributed by atoms with Gasteiger partial charge in [-0.05, 0) is 70.9 Å². The van der Waals surface area contributed by atoms with Crippen LogP contribution in [-0.4, -0.2) is 0 Å². The first-order valence-electron chi connectivity index (χ1n) is 11.7. The summed E-state index contributed by atoms with van der Waals surface area (Å²) in [4.78, 5) is 0. The second-order valence-corrected chi connectivity index (χ2v) is 8.85. The molecular formula is C27H36N+. The van der Waals surface area contributed by atoms with Crippen LogP contribution in [0.2, 0.25) is 0 Å². The summed E-state index contributed by atoms with van der Waals surface area (Å²) in [6, 6.07) is 11.5. The molecular weight excluding hydrogens is 338 g/mol. The molecule has 1 nitrogen and oxygen atoms in total. The van der Waals surface area contributed by atoms with E-state index in [1.54, 1.807) is 0 Å². The summed E-state index contributed by atoms with van der Waals surface area (Å²) in [5.41, 5.74) is 7.43. The zero-order valence-electron chi connectivity index (χ0n) is 20.8. The molecule has 0 bridgehead atoms. The lowest BCUT2D eigenvalue weighted by atomic mass is 9.86. The van der Waals surface area contributed by atoms with Gasteiger partial charge < -0.3 is 0 Å². The van der Waals surface area contributed by atoms with Crippen LogP contribution in [0.25, 0.3) is 22.0 Å². The zero-order valence-corrected chi connectivity index (χ0v) is 18.8. The van der Waals surface area contributed by atoms with Gasteiger partial charge in [0.15, 0.2) is 6.17 Å². The molecule has 1 heterocycles. The van der Waals surface area contributed by atoms with Crippen LogP contribution >= 0.6 is 0 Å². The maximum Gasteiger partial charge on any atom is 0.220 e. The third kappa shape index (κ3) is 3.72. The Bertz CT molecular complexity index is 1100. The molecule has 0 amide bonds. The van der Waals surface area contributed by atoms with Gasteiger partial charge >= 0.3 is 0 Å². The Labute approximate surface area is 174 Å². The molecule has 148 valence electrons. The monoisotopic (exact) mass is 376 g/mol. The SMILES string of the molecule is [2H]c1c([2H])[n+](C)c(-c2cc(C(C)C)cc(C(C)C)c2C)c2ccc(C(C)CC)cc12. The molecule has 0 aliphatic carbocycles. The smallest absolute Gasteiger partial charge is 0.200 e. The minimum atomic E-state index is 0.263. The number of hydrogen-bond acceptors (Lipinski definition) is 0. The van der Waals surface area contributed by atoms with Crippen LogP contribution in [0, 0.1) is 6.92 Å². The lowest BCUT2D eigenvalue weighted by Gasteiger charge is -2.19. The average Bonchev–Trinajstić information content (AvgIpc) is 2.72. The summed E-state index contributed by atoms with van der Waals surface area (Å²) in [6.45, 7) is 15.6. The number of benzene rings is 2. The number of fused-ring (bicyclic) bond motifs is 1. The highest BCUT2D eigenvalue weighted by molar-refractivity contribution is 5.94. The van der Waals surface area contributed by atoms with Crippen LogP contribution in [-0.2, 0) is 7.05 Å². The van der Waals surface area contributed by atoms with Crippen molar-refractivity contribution in [1.29, 1.82) is 0 Å². The van der Waals surface area contributed by atoms with Crippen molar-refractivity contribution in [2.45, 2.75) is 72.6 Å². The summed E-state index contributed by atoms with van der Waals surface area (Å²) < 4.78 is 19.2. The largest absolute Gasteiger partial charge is 0.220 e. The molecule has 0 aliphatic rings. The van der Waals surface area contributed by atoms with Crippen LogP contribution in [0.1, 0.15) is 90.7 Å². The second kappa shape index (κ2) is 8.07. The maximum atomic E-state index is 8.66. The van der Waals surface area contributed by atoms with E-state index in [-0.39, 0.29) is 6.17 Å². The van der Waals surface area contributed by atoms with Gasteiger partial charge in [0.05, 0.1) is 12.3 Å². The van der Waals surface area contributed by atoms with Crippen molar-refractivity contribution in [1.82, 2.24) is 0 Å². The van der Waals surface area contributed by atoms with Gasteiger partial charge in [-0.25, -0.2) is 4.57 Å². The molecule has 0 radical (unpaired) electrons. The first-order chi connectivity index (χ1) is 14.1. The Morgan fingerprint density at radius 1 is 0.964 bits per heavy atom. The third-order valence-electron chi connectivity index (χ3n) is 6.19. The normalized spacial score (nSPS) is 13.9. The van der Waals surface area contributed by atoms with Gasteiger partial charge in [0.2, 0.25) is 5.69 Å². The molecule has 0 aliphatic heterocycles. The molecule has 1 atom stereocenters. The number of nitrogens with zero attached hydrogens (tertiary/aromatic N) is 1. The highest BCUT2D eigenvalue weighted by atomic mass is 14.9. The molecule has 0 saturated heterocycles. The molecule has 1 aromatic heterocycles. The van der Waals surface area contributed by atoms with E-state index in [1.165, 1.54) is 27.8 Å². The highest BCUT2D eigenvalue weighted by Gasteiger charge is 2.21. The maximum absolute atomic E-state index is 8.66. The van der Waals surface area contributed by atoms with E-state index in [4.69, 9.17) is 2.74 Å². The predicted molar refractivity (Wildman–Crippen MR) is 122 cm³/mol. The van der Waals surface area contributed by atoms with E-state index in [0.717, 1.165) is 22.9 Å². The molecule has 1 heteroatoms. The van der Waals surface area contributed by atoms with Crippen molar-refractivity contribution in [2.24, 2.45) is 7.05 Å². The number of hydrogen-bond donors (Lipinski definition) is 0. The Kier molecular flexibility index (Phi) is 5.16. The van der Waals surface area contributed by atoms with Gasteiger partial charge in [0.1, 0.15) is 8.42 Å². The average molecular weight is 377 g/mol. The molecule has 2 aromatic carbocycles. The quantitative estimate of drug-likeness (QED) is 0.408. The Hall–Kier alpha value is -2.15. The van der Waals surface area contributed by atoms with Crippen LogP contribution in [0.15, 0.2) is 42.5 Å². The molecule has 28 heavy (non-hydrogen) atoms. The summed E-state index contributed by atoms with van der Waals surface area (Å²) >= 11 is 0. The standard InChI is InChI=1S/C27H36N/c1-9-19(6)21-10-11-24-22(14-21)12-13-28(8)27(24)26-16-23(17(2)3)15-25(18(4)5)20(26)7/h10-19H,9H2,1-8H3/q+1/i12D,13D. The minimum absolute atomic E-state index is 0.263. The summed E-state index contributed by atoms with van der Waals surface area (Å²) in [5, 5.41) is 1.94. The van der Waals surface area contributed by atoms with Crippen molar-refractivity contribution in [3.63, 3.8) is 0 Å². The first-order valence-corrected chi connectivity index (χ1v) is 10.7. The van der Waals surface area contributed by atoms with Gasteiger partial charge in [0.25, 0.3) is 0 Å². The molecule has 1 unspecified atom stereocenters. The molecule has 0 N–H and O–H groups in total. The molecule has 0 spiro atoms. The fourth-order valence-corrected chi connectivity index (χ4v) is 4.06. The third-order valence-corrected chi connectivity index (χ3v) is 6.19. The van der Waals surface area contributed by atoms with Gasteiger partial charge in [-0.15, -0.1) is 0 Å². The molecule has 0 saturated carbocycles. The van der Waals surface area contributed by atoms with Crippen molar-refractivity contribution >= 4 is 10.8 Å². The second-order valence-electron chi connectivity index (χ2n) is 8.85.